The molecule has 12 nitrogen and oxygen atoms in total. The lowest BCUT2D eigenvalue weighted by molar-refractivity contribution is -0.147. The first-order chi connectivity index (χ1) is 22.6. The Morgan fingerprint density at radius 2 is 1.46 bits per heavy atom. The van der Waals surface area contributed by atoms with Gasteiger partial charge < -0.3 is 14.8 Å². The number of hydrogen-bond donors (Lipinski definition) is 4. The van der Waals surface area contributed by atoms with Crippen LogP contribution in [0.25, 0.3) is 5.69 Å². The number of benzene rings is 3. The van der Waals surface area contributed by atoms with Crippen molar-refractivity contribution in [1.82, 2.24) is 20.6 Å². The molecule has 0 fully saturated rings. The molecule has 3 aromatic carbocycles. The van der Waals surface area contributed by atoms with Crippen LogP contribution in [-0.4, -0.2) is 45.7 Å². The maximum absolute atomic E-state index is 15.0. The molecule has 4 amide bonds. The lowest BCUT2D eigenvalue weighted by Gasteiger charge is -2.22. The molecule has 0 aliphatic carbocycles. The highest BCUT2D eigenvalue weighted by Crippen LogP contribution is 2.37. The number of amides is 4. The Hall–Kier alpha value is -5.21. The first-order valence-corrected chi connectivity index (χ1v) is 15.0. The van der Waals surface area contributed by atoms with E-state index in [0.717, 1.165) is 24.3 Å². The first-order valence-electron chi connectivity index (χ1n) is 14.1. The fourth-order valence-electron chi connectivity index (χ4n) is 4.52. The summed E-state index contributed by atoms with van der Waals surface area (Å²) in [6.07, 6.45) is -1.03. The van der Waals surface area contributed by atoms with Crippen LogP contribution in [0.3, 0.4) is 0 Å². The van der Waals surface area contributed by atoms with Gasteiger partial charge in [0.15, 0.2) is 5.82 Å². The van der Waals surface area contributed by atoms with Gasteiger partial charge in [-0.05, 0) is 36.4 Å². The number of hydrogen-bond acceptors (Lipinski definition) is 7. The summed E-state index contributed by atoms with van der Waals surface area (Å²) in [6, 6.07) is 18.8. The molecule has 0 bridgehead atoms. The fraction of sp³-hybridized carbons (Fsp3) is 0.219. The van der Waals surface area contributed by atoms with E-state index in [1.54, 1.807) is 41.8 Å². The maximum atomic E-state index is 15.0. The molecule has 16 heteroatoms. The van der Waals surface area contributed by atoms with E-state index in [0.29, 0.717) is 11.4 Å². The van der Waals surface area contributed by atoms with Crippen LogP contribution in [0.5, 0.6) is 5.75 Å². The minimum atomic E-state index is -4.10. The van der Waals surface area contributed by atoms with E-state index in [1.165, 1.54) is 30.0 Å². The second kappa shape index (κ2) is 14.7. The molecule has 0 unspecified atom stereocenters. The summed E-state index contributed by atoms with van der Waals surface area (Å²) in [5.41, 5.74) is 3.33. The zero-order chi connectivity index (χ0) is 35.2. The van der Waals surface area contributed by atoms with Crippen molar-refractivity contribution < 1.29 is 37.4 Å². The van der Waals surface area contributed by atoms with Crippen LogP contribution < -0.4 is 26.2 Å². The van der Waals surface area contributed by atoms with Crippen molar-refractivity contribution in [3.05, 3.63) is 101 Å². The molecule has 0 aliphatic rings. The van der Waals surface area contributed by atoms with Crippen LogP contribution in [0, 0.1) is 0 Å². The molecule has 0 saturated carbocycles. The van der Waals surface area contributed by atoms with Crippen molar-refractivity contribution in [2.75, 3.05) is 17.7 Å². The van der Waals surface area contributed by atoms with Gasteiger partial charge in [-0.1, -0.05) is 86.4 Å². The predicted molar refractivity (Wildman–Crippen MR) is 175 cm³/mol. The van der Waals surface area contributed by atoms with Crippen LogP contribution in [0.1, 0.15) is 52.7 Å². The first kappa shape index (κ1) is 35.6. The number of methoxy groups -OCH3 is 1. The van der Waals surface area contributed by atoms with Gasteiger partial charge in [0, 0.05) is 16.5 Å². The van der Waals surface area contributed by atoms with Crippen LogP contribution in [-0.2, 0) is 20.9 Å². The summed E-state index contributed by atoms with van der Waals surface area (Å²) in [5, 5.41) is 8.17. The van der Waals surface area contributed by atoms with E-state index in [1.807, 2.05) is 26.2 Å². The van der Waals surface area contributed by atoms with Crippen LogP contribution in [0.4, 0.5) is 25.1 Å². The number of carbonyl (C=O) groups excluding carboxylic acids is 4. The van der Waals surface area contributed by atoms with Crippen molar-refractivity contribution in [3.8, 4) is 11.4 Å². The van der Waals surface area contributed by atoms with E-state index in [2.05, 4.69) is 15.7 Å². The number of nitrogens with zero attached hydrogens (tertiary/aromatic N) is 2. The third-order valence-electron chi connectivity index (χ3n) is 6.69. The van der Waals surface area contributed by atoms with Crippen molar-refractivity contribution in [3.63, 3.8) is 0 Å². The van der Waals surface area contributed by atoms with Gasteiger partial charge in [0.05, 0.1) is 24.1 Å². The van der Waals surface area contributed by atoms with Crippen molar-refractivity contribution in [2.45, 2.75) is 37.1 Å². The number of ether oxygens (including phenoxy) is 2. The smallest absolute Gasteiger partial charge is 0.414 e. The summed E-state index contributed by atoms with van der Waals surface area (Å²) in [7, 11) is 1.33. The van der Waals surface area contributed by atoms with Crippen LogP contribution >= 0.6 is 23.2 Å². The number of aromatic nitrogens is 2. The van der Waals surface area contributed by atoms with E-state index >= 15 is 8.78 Å². The van der Waals surface area contributed by atoms with Gasteiger partial charge in [-0.25, -0.2) is 9.48 Å². The second-order valence-corrected chi connectivity index (χ2v) is 12.1. The summed E-state index contributed by atoms with van der Waals surface area (Å²) in [5.74, 6) is -7.48. The molecule has 4 aromatic rings. The molecule has 0 saturated heterocycles. The molecule has 1 aromatic heterocycles. The molecule has 4 N–H and O–H groups in total. The van der Waals surface area contributed by atoms with Gasteiger partial charge in [0.25, 0.3) is 16.8 Å². The maximum Gasteiger partial charge on any atom is 0.414 e. The van der Waals surface area contributed by atoms with Crippen molar-refractivity contribution in [2.24, 2.45) is 0 Å². The highest BCUT2D eigenvalue weighted by Gasteiger charge is 2.41. The summed E-state index contributed by atoms with van der Waals surface area (Å²) < 4.78 is 41.5. The topological polar surface area (TPSA) is 153 Å². The fourth-order valence-corrected chi connectivity index (χ4v) is 4.68. The normalized spacial score (nSPS) is 11.4. The van der Waals surface area contributed by atoms with Gasteiger partial charge >= 0.3 is 17.9 Å². The van der Waals surface area contributed by atoms with Gasteiger partial charge in [-0.2, -0.15) is 8.78 Å². The zero-order valence-corrected chi connectivity index (χ0v) is 27.5. The molecule has 0 spiro atoms. The Morgan fingerprint density at radius 1 is 0.833 bits per heavy atom. The zero-order valence-electron chi connectivity index (χ0n) is 25.9. The molecular formula is C32H30Cl2F2N6O6. The number of rotatable bonds is 9. The predicted octanol–water partition coefficient (Wildman–Crippen LogP) is 6.29. The van der Waals surface area contributed by atoms with Gasteiger partial charge in [-0.3, -0.25) is 30.6 Å². The number of hydrazine groups is 1. The third-order valence-corrected chi connectivity index (χ3v) is 6.87. The highest BCUT2D eigenvalue weighted by molar-refractivity contribution is 6.43. The van der Waals surface area contributed by atoms with Crippen molar-refractivity contribution >= 4 is 58.5 Å². The van der Waals surface area contributed by atoms with E-state index in [9.17, 15) is 19.2 Å². The lowest BCUT2D eigenvalue weighted by Crippen LogP contribution is -2.48. The average molecular weight is 704 g/mol. The van der Waals surface area contributed by atoms with E-state index in [-0.39, 0.29) is 28.4 Å². The molecule has 48 heavy (non-hydrogen) atoms. The van der Waals surface area contributed by atoms with Gasteiger partial charge in [-0.15, -0.1) is 5.10 Å². The quantitative estimate of drug-likeness (QED) is 0.118. The largest absolute Gasteiger partial charge is 0.496 e. The second-order valence-electron chi connectivity index (χ2n) is 11.1. The summed E-state index contributed by atoms with van der Waals surface area (Å²) in [6.45, 7) is 5.57. The average Bonchev–Trinajstić information content (AvgIpc) is 3.41. The molecule has 252 valence electrons. The SMILES string of the molecule is COc1ccccc1C(=O)NNC(=O)C(F)(F)c1ccc(C(=O)Nc2nn(-c3ccccc3)c(C(C)(C)C)c2NC(=O)OC(Cl)Cl)cc1. The Bertz CT molecular complexity index is 1810. The lowest BCUT2D eigenvalue weighted by atomic mass is 9.90. The Morgan fingerprint density at radius 3 is 2.06 bits per heavy atom. The van der Waals surface area contributed by atoms with Gasteiger partial charge in [0.1, 0.15) is 11.4 Å². The Labute approximate surface area is 283 Å². The minimum absolute atomic E-state index is 0.0137. The van der Waals surface area contributed by atoms with E-state index < -0.39 is 45.7 Å². The molecular weight excluding hydrogens is 673 g/mol. The number of anilines is 2. The number of para-hydroxylation sites is 2. The van der Waals surface area contributed by atoms with Crippen LogP contribution in [0.2, 0.25) is 0 Å². The van der Waals surface area contributed by atoms with Gasteiger partial charge in [0.2, 0.25) is 0 Å². The standard InChI is InChI=1S/C32H30Cl2F2N6O6/c1-31(2,3)24-23(37-30(46)48-29(33)34)25(41-42(24)20-10-6-5-7-11-20)38-26(43)18-14-16-19(17-15-18)32(35,36)28(45)40-39-27(44)21-12-8-9-13-22(21)47-4/h5-17,29H,1-4H3,(H,37,46)(H,39,44)(H,40,45)(H,38,41,43). The molecule has 0 radical (unpaired) electrons. The number of nitrogens with one attached hydrogen (secondary N) is 4. The summed E-state index contributed by atoms with van der Waals surface area (Å²) in [4.78, 5) is 50.7. The molecule has 0 atom stereocenters. The number of carbonyl (C=O) groups is 4. The summed E-state index contributed by atoms with van der Waals surface area (Å²) >= 11 is 11.2. The monoisotopic (exact) mass is 702 g/mol. The number of halogens is 4. The third kappa shape index (κ3) is 8.19. The molecule has 0 aliphatic heterocycles. The molecule has 4 rings (SSSR count). The van der Waals surface area contributed by atoms with Crippen LogP contribution in [0.15, 0.2) is 78.9 Å². The number of alkyl halides is 4. The molecule has 1 heterocycles. The van der Waals surface area contributed by atoms with Crippen molar-refractivity contribution in [1.29, 1.82) is 0 Å². The highest BCUT2D eigenvalue weighted by atomic mass is 35.5. The Kier molecular flexibility index (Phi) is 10.9. The Balaban J connectivity index is 1.56. The minimum Gasteiger partial charge on any atom is -0.496 e. The van der Waals surface area contributed by atoms with E-state index in [4.69, 9.17) is 32.7 Å².